The van der Waals surface area contributed by atoms with Crippen molar-refractivity contribution in [2.75, 3.05) is 19.6 Å². The summed E-state index contributed by atoms with van der Waals surface area (Å²) in [6.45, 7) is 3.96. The van der Waals surface area contributed by atoms with E-state index in [0.717, 1.165) is 5.56 Å². The third kappa shape index (κ3) is 4.28. The van der Waals surface area contributed by atoms with Gasteiger partial charge < -0.3 is 9.80 Å². The molecule has 7 nitrogen and oxygen atoms in total. The summed E-state index contributed by atoms with van der Waals surface area (Å²) >= 11 is 0. The van der Waals surface area contributed by atoms with Gasteiger partial charge in [0.2, 0.25) is 5.91 Å². The Balaban J connectivity index is 1.49. The normalized spacial score (nSPS) is 21.3. The van der Waals surface area contributed by atoms with Crippen molar-refractivity contribution in [2.24, 2.45) is 0 Å². The number of aromatic nitrogens is 2. The Kier molecular flexibility index (Phi) is 6.08. The predicted molar refractivity (Wildman–Crippen MR) is 114 cm³/mol. The number of rotatable bonds is 4. The molecule has 2 fully saturated rings. The molecule has 1 saturated carbocycles. The number of carbonyl (C=O) groups excluding carboxylic acids is 2. The van der Waals surface area contributed by atoms with Crippen LogP contribution in [0.5, 0.6) is 0 Å². The van der Waals surface area contributed by atoms with Gasteiger partial charge in [-0.15, -0.1) is 0 Å². The van der Waals surface area contributed by atoms with Crippen LogP contribution in [0.15, 0.2) is 23.0 Å². The molecule has 0 spiro atoms. The first-order chi connectivity index (χ1) is 15.2. The van der Waals surface area contributed by atoms with Crippen molar-refractivity contribution in [3.8, 4) is 0 Å². The molecule has 1 aromatic carbocycles. The van der Waals surface area contributed by atoms with Gasteiger partial charge in [0.15, 0.2) is 0 Å². The number of hydrogen-bond acceptors (Lipinski definition) is 4. The van der Waals surface area contributed by atoms with E-state index in [2.05, 4.69) is 10.2 Å². The predicted octanol–water partition coefficient (Wildman–Crippen LogP) is 2.29. The van der Waals surface area contributed by atoms with Crippen LogP contribution in [0.25, 0.3) is 0 Å². The molecular formula is C23H26F2N4O3. The molecule has 1 aliphatic carbocycles. The highest BCUT2D eigenvalue weighted by Gasteiger charge is 2.36. The highest BCUT2D eigenvalue weighted by Crippen LogP contribution is 2.28. The van der Waals surface area contributed by atoms with E-state index >= 15 is 0 Å². The summed E-state index contributed by atoms with van der Waals surface area (Å²) in [5.41, 5.74) is 2.25. The highest BCUT2D eigenvalue weighted by molar-refractivity contribution is 5.97. The number of aromatic amines is 1. The minimum atomic E-state index is -0.881. The van der Waals surface area contributed by atoms with Gasteiger partial charge in [-0.3, -0.25) is 14.4 Å². The Bertz CT molecular complexity index is 1120. The lowest BCUT2D eigenvalue weighted by molar-refractivity contribution is -0.137. The molecule has 9 heteroatoms. The molecule has 4 rings (SSSR count). The minimum Gasteiger partial charge on any atom is -0.336 e. The summed E-state index contributed by atoms with van der Waals surface area (Å²) in [5, 5.41) is 6.52. The van der Waals surface area contributed by atoms with Gasteiger partial charge in [0.1, 0.15) is 18.5 Å². The van der Waals surface area contributed by atoms with Crippen LogP contribution in [0.4, 0.5) is 8.78 Å². The largest absolute Gasteiger partial charge is 0.336 e. The summed E-state index contributed by atoms with van der Waals surface area (Å²) in [6.07, 6.45) is 0.873. The number of piperazine rings is 1. The van der Waals surface area contributed by atoms with Crippen LogP contribution in [-0.4, -0.2) is 63.7 Å². The second-order valence-corrected chi connectivity index (χ2v) is 8.62. The Morgan fingerprint density at radius 2 is 1.97 bits per heavy atom. The van der Waals surface area contributed by atoms with Crippen molar-refractivity contribution in [2.45, 2.75) is 51.7 Å². The number of H-pyrrole nitrogens is 1. The molecule has 170 valence electrons. The number of nitrogens with zero attached hydrogens (tertiary/aromatic N) is 3. The molecule has 32 heavy (non-hydrogen) atoms. The van der Waals surface area contributed by atoms with Gasteiger partial charge in [-0.05, 0) is 56.4 Å². The number of benzene rings is 1. The van der Waals surface area contributed by atoms with Gasteiger partial charge >= 0.3 is 0 Å². The Hall–Kier alpha value is -3.10. The zero-order valence-electron chi connectivity index (χ0n) is 18.2. The Morgan fingerprint density at radius 1 is 1.19 bits per heavy atom. The fourth-order valence-corrected chi connectivity index (χ4v) is 4.49. The Labute approximate surface area is 184 Å². The summed E-state index contributed by atoms with van der Waals surface area (Å²) in [5.74, 6) is -1.44. The zero-order chi connectivity index (χ0) is 23.0. The molecule has 1 N–H and O–H groups in total. The van der Waals surface area contributed by atoms with Crippen molar-refractivity contribution < 1.29 is 18.4 Å². The minimum absolute atomic E-state index is 0.104. The first-order valence-electron chi connectivity index (χ1n) is 10.8. The van der Waals surface area contributed by atoms with Gasteiger partial charge in [-0.25, -0.2) is 13.9 Å². The van der Waals surface area contributed by atoms with Crippen molar-refractivity contribution in [3.05, 3.63) is 62.3 Å². The van der Waals surface area contributed by atoms with E-state index in [1.165, 1.54) is 17.0 Å². The molecule has 2 aromatic rings. The number of nitrogens with one attached hydrogen (secondary N) is 1. The van der Waals surface area contributed by atoms with Gasteiger partial charge in [-0.2, -0.15) is 5.10 Å². The number of carbonyl (C=O) groups is 2. The van der Waals surface area contributed by atoms with E-state index in [9.17, 15) is 23.2 Å². The highest BCUT2D eigenvalue weighted by atomic mass is 19.1. The maximum Gasteiger partial charge on any atom is 0.267 e. The average molecular weight is 444 g/mol. The number of halogens is 2. The van der Waals surface area contributed by atoms with E-state index in [0.29, 0.717) is 49.0 Å². The molecular weight excluding hydrogens is 418 g/mol. The SMILES string of the molecule is Cc1c(Cc2ccc(F)c(C(=O)N3CCN(C4CCC(F)C4)C(=O)C3)c2)n[nH]c(=O)c1C. The third-order valence-electron chi connectivity index (χ3n) is 6.59. The molecule has 2 atom stereocenters. The maximum absolute atomic E-state index is 14.5. The fraction of sp³-hybridized carbons (Fsp3) is 0.478. The molecule has 2 unspecified atom stereocenters. The van der Waals surface area contributed by atoms with Crippen molar-refractivity contribution >= 4 is 11.8 Å². The van der Waals surface area contributed by atoms with E-state index in [1.54, 1.807) is 24.8 Å². The van der Waals surface area contributed by atoms with Crippen LogP contribution >= 0.6 is 0 Å². The second-order valence-electron chi connectivity index (χ2n) is 8.62. The van der Waals surface area contributed by atoms with Crippen molar-refractivity contribution in [1.29, 1.82) is 0 Å². The Morgan fingerprint density at radius 3 is 2.66 bits per heavy atom. The third-order valence-corrected chi connectivity index (χ3v) is 6.59. The fourth-order valence-electron chi connectivity index (χ4n) is 4.49. The molecule has 2 aliphatic rings. The number of amides is 2. The van der Waals surface area contributed by atoms with Crippen LogP contribution in [0.3, 0.4) is 0 Å². The lowest BCUT2D eigenvalue weighted by Gasteiger charge is -2.37. The summed E-state index contributed by atoms with van der Waals surface area (Å²) in [6, 6.07) is 4.16. The maximum atomic E-state index is 14.5. The molecule has 1 aromatic heterocycles. The molecule has 0 bridgehead atoms. The standard InChI is InChI=1S/C23H26F2N4O3/c1-13-14(2)22(31)27-26-20(13)10-15-3-6-19(25)18(9-15)23(32)28-7-8-29(21(30)12-28)17-5-4-16(24)11-17/h3,6,9,16-17H,4-5,7-8,10-12H2,1-2H3,(H,27,31). The van der Waals surface area contributed by atoms with Crippen LogP contribution < -0.4 is 5.56 Å². The molecule has 0 radical (unpaired) electrons. The van der Waals surface area contributed by atoms with Crippen LogP contribution in [-0.2, 0) is 11.2 Å². The zero-order valence-corrected chi connectivity index (χ0v) is 18.2. The lowest BCUT2D eigenvalue weighted by Crippen LogP contribution is -2.55. The van der Waals surface area contributed by atoms with E-state index in [1.807, 2.05) is 0 Å². The van der Waals surface area contributed by atoms with E-state index < -0.39 is 17.9 Å². The number of hydrogen-bond donors (Lipinski definition) is 1. The second kappa shape index (κ2) is 8.80. The van der Waals surface area contributed by atoms with Crippen molar-refractivity contribution in [3.63, 3.8) is 0 Å². The molecule has 2 heterocycles. The molecule has 1 saturated heterocycles. The average Bonchev–Trinajstić information content (AvgIpc) is 3.20. The van der Waals surface area contributed by atoms with Crippen LogP contribution in [0, 0.1) is 19.7 Å². The quantitative estimate of drug-likeness (QED) is 0.784. The van der Waals surface area contributed by atoms with Crippen LogP contribution in [0.2, 0.25) is 0 Å². The van der Waals surface area contributed by atoms with Crippen molar-refractivity contribution in [1.82, 2.24) is 20.0 Å². The first kappa shape index (κ1) is 22.1. The first-order valence-corrected chi connectivity index (χ1v) is 10.8. The number of alkyl halides is 1. The van der Waals surface area contributed by atoms with E-state index in [-0.39, 0.29) is 36.2 Å². The van der Waals surface area contributed by atoms with Gasteiger partial charge in [-0.1, -0.05) is 6.07 Å². The van der Waals surface area contributed by atoms with Crippen LogP contribution in [0.1, 0.15) is 52.0 Å². The topological polar surface area (TPSA) is 86.4 Å². The summed E-state index contributed by atoms with van der Waals surface area (Å²) in [4.78, 5) is 40.3. The van der Waals surface area contributed by atoms with Gasteiger partial charge in [0.25, 0.3) is 11.5 Å². The summed E-state index contributed by atoms with van der Waals surface area (Å²) < 4.78 is 28.0. The van der Waals surface area contributed by atoms with E-state index in [4.69, 9.17) is 0 Å². The molecule has 1 aliphatic heterocycles. The van der Waals surface area contributed by atoms with Gasteiger partial charge in [0.05, 0.1) is 11.3 Å². The molecule has 2 amide bonds. The van der Waals surface area contributed by atoms with Gasteiger partial charge in [0, 0.05) is 31.1 Å². The lowest BCUT2D eigenvalue weighted by atomic mass is 10.0. The summed E-state index contributed by atoms with van der Waals surface area (Å²) in [7, 11) is 0. The monoisotopic (exact) mass is 444 g/mol. The smallest absolute Gasteiger partial charge is 0.267 e.